The Morgan fingerprint density at radius 1 is 0.917 bits per heavy atom. The van der Waals surface area contributed by atoms with Gasteiger partial charge in [-0.2, -0.15) is 0 Å². The minimum Gasteiger partial charge on any atom is -0.383 e. The number of amidine groups is 1. The van der Waals surface area contributed by atoms with Crippen LogP contribution in [0.5, 0.6) is 0 Å². The molecule has 24 heavy (non-hydrogen) atoms. The molecule has 3 nitrogen and oxygen atoms in total. The minimum absolute atomic E-state index is 0.0258. The zero-order valence-electron chi connectivity index (χ0n) is 13.4. The predicted molar refractivity (Wildman–Crippen MR) is 100 cm³/mol. The lowest BCUT2D eigenvalue weighted by Gasteiger charge is -2.10. The number of rotatable bonds is 4. The van der Waals surface area contributed by atoms with Crippen molar-refractivity contribution in [1.29, 1.82) is 0 Å². The summed E-state index contributed by atoms with van der Waals surface area (Å²) in [6.45, 7) is 2.02. The molecule has 120 valence electrons. The molecule has 0 fully saturated rings. The summed E-state index contributed by atoms with van der Waals surface area (Å²) in [7, 11) is 0. The number of pyridine rings is 1. The molecular formula is C20H18ClN3. The topological polar surface area (TPSA) is 51.3 Å². The number of nitrogens with two attached hydrogens (primary N) is 1. The fraction of sp³-hybridized carbons (Fsp3) is 0.100. The lowest BCUT2D eigenvalue weighted by molar-refractivity contribution is 0.818. The van der Waals surface area contributed by atoms with E-state index in [0.717, 1.165) is 27.3 Å². The van der Waals surface area contributed by atoms with E-state index in [2.05, 4.69) is 9.98 Å². The number of aromatic nitrogens is 1. The molecule has 1 atom stereocenters. The monoisotopic (exact) mass is 335 g/mol. The summed E-state index contributed by atoms with van der Waals surface area (Å²) in [4.78, 5) is 8.63. The maximum atomic E-state index is 6.17. The highest BCUT2D eigenvalue weighted by Gasteiger charge is 2.06. The number of nitrogens with zero attached hydrogens (tertiary/aromatic N) is 2. The van der Waals surface area contributed by atoms with E-state index < -0.39 is 0 Å². The highest BCUT2D eigenvalue weighted by Crippen LogP contribution is 2.21. The van der Waals surface area contributed by atoms with Crippen molar-refractivity contribution in [3.8, 4) is 11.1 Å². The summed E-state index contributed by atoms with van der Waals surface area (Å²) < 4.78 is 0. The summed E-state index contributed by atoms with van der Waals surface area (Å²) >= 11 is 5.92. The molecule has 3 aromatic rings. The van der Waals surface area contributed by atoms with Gasteiger partial charge in [-0.25, -0.2) is 0 Å². The molecule has 0 aliphatic carbocycles. The van der Waals surface area contributed by atoms with Crippen LogP contribution in [0.4, 0.5) is 0 Å². The van der Waals surface area contributed by atoms with Crippen molar-refractivity contribution in [3.63, 3.8) is 0 Å². The van der Waals surface area contributed by atoms with Crippen LogP contribution in [0, 0.1) is 0 Å². The summed E-state index contributed by atoms with van der Waals surface area (Å²) in [5, 5.41) is 0.717. The third-order valence-corrected chi connectivity index (χ3v) is 4.13. The molecule has 0 bridgehead atoms. The number of aliphatic imine (C=N–C) groups is 1. The molecule has 2 N–H and O–H groups in total. The van der Waals surface area contributed by atoms with Gasteiger partial charge >= 0.3 is 0 Å². The van der Waals surface area contributed by atoms with Crippen molar-refractivity contribution < 1.29 is 0 Å². The molecule has 0 aliphatic rings. The van der Waals surface area contributed by atoms with E-state index in [1.54, 1.807) is 12.4 Å². The smallest absolute Gasteiger partial charge is 0.126 e. The Morgan fingerprint density at radius 3 is 2.12 bits per heavy atom. The molecule has 1 aromatic heterocycles. The molecule has 0 saturated heterocycles. The fourth-order valence-corrected chi connectivity index (χ4v) is 2.60. The summed E-state index contributed by atoms with van der Waals surface area (Å²) in [5.74, 6) is 0.527. The van der Waals surface area contributed by atoms with Gasteiger partial charge in [0.15, 0.2) is 0 Å². The first kappa shape index (κ1) is 16.2. The van der Waals surface area contributed by atoms with Crippen LogP contribution in [-0.2, 0) is 0 Å². The van der Waals surface area contributed by atoms with E-state index in [0.29, 0.717) is 5.84 Å². The normalized spacial score (nSPS) is 12.8. The van der Waals surface area contributed by atoms with Crippen molar-refractivity contribution in [2.24, 2.45) is 10.7 Å². The lowest BCUT2D eigenvalue weighted by Crippen LogP contribution is -2.14. The Kier molecular flexibility index (Phi) is 4.92. The van der Waals surface area contributed by atoms with Crippen molar-refractivity contribution in [3.05, 3.63) is 89.2 Å². The van der Waals surface area contributed by atoms with E-state index in [4.69, 9.17) is 17.3 Å². The molecule has 0 spiro atoms. The second kappa shape index (κ2) is 7.28. The average Bonchev–Trinajstić information content (AvgIpc) is 2.63. The van der Waals surface area contributed by atoms with Gasteiger partial charge in [0.05, 0.1) is 6.04 Å². The van der Waals surface area contributed by atoms with Gasteiger partial charge in [0, 0.05) is 23.0 Å². The van der Waals surface area contributed by atoms with E-state index in [1.165, 1.54) is 0 Å². The van der Waals surface area contributed by atoms with Crippen LogP contribution in [0.15, 0.2) is 78.0 Å². The predicted octanol–water partition coefficient (Wildman–Crippen LogP) is 4.87. The zero-order chi connectivity index (χ0) is 16.9. The first-order valence-corrected chi connectivity index (χ1v) is 8.11. The molecule has 0 aliphatic heterocycles. The van der Waals surface area contributed by atoms with Crippen LogP contribution in [0.1, 0.15) is 24.1 Å². The van der Waals surface area contributed by atoms with Gasteiger partial charge < -0.3 is 5.73 Å². The fourth-order valence-electron chi connectivity index (χ4n) is 2.48. The molecule has 4 heteroatoms. The highest BCUT2D eigenvalue weighted by atomic mass is 35.5. The largest absolute Gasteiger partial charge is 0.383 e. The number of benzene rings is 2. The number of hydrogen-bond donors (Lipinski definition) is 1. The first-order valence-electron chi connectivity index (χ1n) is 7.73. The van der Waals surface area contributed by atoms with E-state index >= 15 is 0 Å². The zero-order valence-corrected chi connectivity index (χ0v) is 14.1. The maximum absolute atomic E-state index is 6.17. The Labute approximate surface area is 146 Å². The Bertz CT molecular complexity index is 825. The highest BCUT2D eigenvalue weighted by molar-refractivity contribution is 6.30. The first-order chi connectivity index (χ1) is 11.6. The van der Waals surface area contributed by atoms with E-state index in [9.17, 15) is 0 Å². The third-order valence-electron chi connectivity index (χ3n) is 3.88. The van der Waals surface area contributed by atoms with Gasteiger partial charge in [-0.05, 0) is 47.9 Å². The molecule has 3 rings (SSSR count). The molecular weight excluding hydrogens is 318 g/mol. The Balaban J connectivity index is 1.79. The van der Waals surface area contributed by atoms with Gasteiger partial charge in [0.25, 0.3) is 0 Å². The van der Waals surface area contributed by atoms with Crippen LogP contribution in [0.3, 0.4) is 0 Å². The molecule has 0 unspecified atom stereocenters. The number of halogens is 1. The van der Waals surface area contributed by atoms with Crippen LogP contribution in [-0.4, -0.2) is 10.8 Å². The average molecular weight is 336 g/mol. The summed E-state index contributed by atoms with van der Waals surface area (Å²) in [5.41, 5.74) is 10.4. The lowest BCUT2D eigenvalue weighted by atomic mass is 10.0. The summed E-state index contributed by atoms with van der Waals surface area (Å²) in [6, 6.07) is 19.7. The van der Waals surface area contributed by atoms with E-state index in [-0.39, 0.29) is 6.04 Å². The van der Waals surface area contributed by atoms with Gasteiger partial charge in [0.2, 0.25) is 0 Å². The third kappa shape index (κ3) is 3.81. The quantitative estimate of drug-likeness (QED) is 0.546. The second-order valence-electron chi connectivity index (χ2n) is 5.56. The molecule has 2 aromatic carbocycles. The van der Waals surface area contributed by atoms with Gasteiger partial charge in [-0.3, -0.25) is 9.98 Å². The van der Waals surface area contributed by atoms with Crippen molar-refractivity contribution in [2.45, 2.75) is 13.0 Å². The van der Waals surface area contributed by atoms with Crippen molar-refractivity contribution in [1.82, 2.24) is 4.98 Å². The Hall–Kier alpha value is -2.65. The van der Waals surface area contributed by atoms with Crippen molar-refractivity contribution >= 4 is 17.4 Å². The molecule has 0 saturated carbocycles. The van der Waals surface area contributed by atoms with Crippen LogP contribution >= 0.6 is 11.6 Å². The minimum atomic E-state index is -0.0258. The van der Waals surface area contributed by atoms with Crippen LogP contribution in [0.2, 0.25) is 5.02 Å². The van der Waals surface area contributed by atoms with Crippen molar-refractivity contribution in [2.75, 3.05) is 0 Å². The maximum Gasteiger partial charge on any atom is 0.126 e. The van der Waals surface area contributed by atoms with Crippen LogP contribution in [0.25, 0.3) is 11.1 Å². The SMILES string of the molecule is C[C@@H](N=C(N)c1ccc(-c2ccncc2)cc1)c1ccc(Cl)cc1. The molecule has 1 heterocycles. The van der Waals surface area contributed by atoms with E-state index in [1.807, 2.05) is 67.6 Å². The van der Waals surface area contributed by atoms with Crippen LogP contribution < -0.4 is 5.73 Å². The molecule has 0 radical (unpaired) electrons. The summed E-state index contributed by atoms with van der Waals surface area (Å²) in [6.07, 6.45) is 3.57. The van der Waals surface area contributed by atoms with Gasteiger partial charge in [-0.1, -0.05) is 48.0 Å². The van der Waals surface area contributed by atoms with Gasteiger partial charge in [0.1, 0.15) is 5.84 Å². The number of hydrogen-bond acceptors (Lipinski definition) is 2. The molecule has 0 amide bonds. The second-order valence-corrected chi connectivity index (χ2v) is 5.99. The standard InChI is InChI=1S/C20H18ClN3/c1-14(15-6-8-19(21)9-7-15)24-20(22)18-4-2-16(3-5-18)17-10-12-23-13-11-17/h2-14H,1H3,(H2,22,24)/t14-/m1/s1. The van der Waals surface area contributed by atoms with Gasteiger partial charge in [-0.15, -0.1) is 0 Å². The Morgan fingerprint density at radius 2 is 1.50 bits per heavy atom.